The van der Waals surface area contributed by atoms with E-state index in [1.807, 2.05) is 0 Å². The molecular weight excluding hydrogens is 256 g/mol. The lowest BCUT2D eigenvalue weighted by molar-refractivity contribution is 0.0526. The van der Waals surface area contributed by atoms with Crippen molar-refractivity contribution in [2.45, 2.75) is 6.92 Å². The Labute approximate surface area is 114 Å². The van der Waals surface area contributed by atoms with Crippen molar-refractivity contribution in [3.63, 3.8) is 0 Å². The largest absolute Gasteiger partial charge is 0.462 e. The topological polar surface area (TPSA) is 56.5 Å². The second-order valence-corrected chi connectivity index (χ2v) is 4.41. The van der Waals surface area contributed by atoms with E-state index in [1.54, 1.807) is 43.3 Å². The minimum atomic E-state index is -0.365. The summed E-state index contributed by atoms with van der Waals surface area (Å²) in [6.07, 6.45) is 0.785. The fourth-order valence-electron chi connectivity index (χ4n) is 2.21. The Bertz CT molecular complexity index is 814. The van der Waals surface area contributed by atoms with E-state index in [9.17, 15) is 9.59 Å². The van der Waals surface area contributed by atoms with E-state index >= 15 is 0 Å². The normalized spacial score (nSPS) is 10.8. The standard InChI is InChI=1S/C16H12O4/c1-2-19-16(18)11-4-6-15-13(8-11)12-7-10(9-17)3-5-14(12)20-15/h3-9H,2H2,1H3. The van der Waals surface area contributed by atoms with Gasteiger partial charge in [0, 0.05) is 16.3 Å². The summed E-state index contributed by atoms with van der Waals surface area (Å²) < 4.78 is 10.7. The minimum absolute atomic E-state index is 0.332. The Balaban J connectivity index is 2.23. The first kappa shape index (κ1) is 12.4. The van der Waals surface area contributed by atoms with E-state index in [1.165, 1.54) is 0 Å². The highest BCUT2D eigenvalue weighted by Crippen LogP contribution is 2.30. The first-order valence-electron chi connectivity index (χ1n) is 6.31. The van der Waals surface area contributed by atoms with Crippen LogP contribution in [0.3, 0.4) is 0 Å². The van der Waals surface area contributed by atoms with Gasteiger partial charge >= 0.3 is 5.97 Å². The SMILES string of the molecule is CCOC(=O)c1ccc2oc3ccc(C=O)cc3c2c1. The van der Waals surface area contributed by atoms with Crippen LogP contribution < -0.4 is 0 Å². The van der Waals surface area contributed by atoms with Crippen LogP contribution >= 0.6 is 0 Å². The van der Waals surface area contributed by atoms with Gasteiger partial charge in [0.05, 0.1) is 12.2 Å². The maximum atomic E-state index is 11.8. The zero-order chi connectivity index (χ0) is 14.1. The van der Waals surface area contributed by atoms with Gasteiger partial charge in [-0.15, -0.1) is 0 Å². The van der Waals surface area contributed by atoms with Crippen molar-refractivity contribution in [1.82, 2.24) is 0 Å². The van der Waals surface area contributed by atoms with E-state index in [0.717, 1.165) is 17.1 Å². The number of fused-ring (bicyclic) bond motifs is 3. The number of aldehydes is 1. The summed E-state index contributed by atoms with van der Waals surface area (Å²) in [4.78, 5) is 22.6. The number of carbonyl (C=O) groups is 2. The highest BCUT2D eigenvalue weighted by molar-refractivity contribution is 6.08. The number of carbonyl (C=O) groups excluding carboxylic acids is 2. The van der Waals surface area contributed by atoms with Crippen LogP contribution in [0.1, 0.15) is 27.6 Å². The molecule has 0 aliphatic rings. The average molecular weight is 268 g/mol. The summed E-state index contributed by atoms with van der Waals surface area (Å²) >= 11 is 0. The Morgan fingerprint density at radius 1 is 1.15 bits per heavy atom. The summed E-state index contributed by atoms with van der Waals surface area (Å²) in [5, 5.41) is 1.62. The van der Waals surface area contributed by atoms with Crippen LogP contribution in [0.25, 0.3) is 21.9 Å². The van der Waals surface area contributed by atoms with E-state index in [2.05, 4.69) is 0 Å². The Morgan fingerprint density at radius 3 is 2.55 bits per heavy atom. The van der Waals surface area contributed by atoms with Crippen molar-refractivity contribution >= 4 is 34.2 Å². The molecule has 1 aromatic heterocycles. The van der Waals surface area contributed by atoms with Crippen LogP contribution in [-0.2, 0) is 4.74 Å². The summed E-state index contributed by atoms with van der Waals surface area (Å²) in [5.41, 5.74) is 2.41. The van der Waals surface area contributed by atoms with Crippen molar-refractivity contribution in [2.75, 3.05) is 6.61 Å². The molecule has 3 aromatic rings. The van der Waals surface area contributed by atoms with Crippen molar-refractivity contribution in [1.29, 1.82) is 0 Å². The average Bonchev–Trinajstić information content (AvgIpc) is 2.84. The zero-order valence-electron chi connectivity index (χ0n) is 10.9. The predicted molar refractivity (Wildman–Crippen MR) is 75.1 cm³/mol. The summed E-state index contributed by atoms with van der Waals surface area (Å²) in [6.45, 7) is 2.10. The van der Waals surface area contributed by atoms with Gasteiger partial charge in [-0.2, -0.15) is 0 Å². The summed E-state index contributed by atoms with van der Waals surface area (Å²) in [7, 11) is 0. The lowest BCUT2D eigenvalue weighted by Gasteiger charge is -2.01. The smallest absolute Gasteiger partial charge is 0.338 e. The van der Waals surface area contributed by atoms with E-state index < -0.39 is 0 Å². The first-order valence-corrected chi connectivity index (χ1v) is 6.31. The number of hydrogen-bond donors (Lipinski definition) is 0. The van der Waals surface area contributed by atoms with Gasteiger partial charge in [0.2, 0.25) is 0 Å². The molecule has 2 aromatic carbocycles. The van der Waals surface area contributed by atoms with Gasteiger partial charge in [-0.3, -0.25) is 4.79 Å². The third-order valence-corrected chi connectivity index (χ3v) is 3.14. The van der Waals surface area contributed by atoms with Gasteiger partial charge in [-0.1, -0.05) is 0 Å². The number of ether oxygens (including phenoxy) is 1. The molecule has 0 fully saturated rings. The minimum Gasteiger partial charge on any atom is -0.462 e. The maximum absolute atomic E-state index is 11.8. The molecule has 0 saturated carbocycles. The molecule has 0 amide bonds. The summed E-state index contributed by atoms with van der Waals surface area (Å²) in [5.74, 6) is -0.365. The number of esters is 1. The first-order chi connectivity index (χ1) is 9.72. The number of hydrogen-bond acceptors (Lipinski definition) is 4. The molecule has 0 N–H and O–H groups in total. The molecule has 0 saturated heterocycles. The number of rotatable bonds is 3. The molecule has 0 bridgehead atoms. The van der Waals surface area contributed by atoms with Crippen LogP contribution in [-0.4, -0.2) is 18.9 Å². The van der Waals surface area contributed by atoms with Crippen molar-refractivity contribution in [3.05, 3.63) is 47.5 Å². The van der Waals surface area contributed by atoms with Crippen LogP contribution in [0.2, 0.25) is 0 Å². The Hall–Kier alpha value is -2.62. The Morgan fingerprint density at radius 2 is 1.85 bits per heavy atom. The molecule has 0 aliphatic heterocycles. The van der Waals surface area contributed by atoms with Crippen molar-refractivity contribution in [3.8, 4) is 0 Å². The van der Waals surface area contributed by atoms with Crippen LogP contribution in [0.4, 0.5) is 0 Å². The zero-order valence-corrected chi connectivity index (χ0v) is 10.9. The molecule has 20 heavy (non-hydrogen) atoms. The van der Waals surface area contributed by atoms with Gasteiger partial charge in [0.15, 0.2) is 0 Å². The molecule has 0 radical (unpaired) electrons. The molecule has 3 rings (SSSR count). The molecular formula is C16H12O4. The van der Waals surface area contributed by atoms with Gasteiger partial charge in [0.1, 0.15) is 17.5 Å². The molecule has 100 valence electrons. The monoisotopic (exact) mass is 268 g/mol. The second kappa shape index (κ2) is 4.81. The quantitative estimate of drug-likeness (QED) is 0.538. The molecule has 0 atom stereocenters. The van der Waals surface area contributed by atoms with Crippen LogP contribution in [0.15, 0.2) is 40.8 Å². The van der Waals surface area contributed by atoms with Crippen LogP contribution in [0, 0.1) is 0 Å². The molecule has 1 heterocycles. The lowest BCUT2D eigenvalue weighted by atomic mass is 10.1. The van der Waals surface area contributed by atoms with Gasteiger partial charge in [0.25, 0.3) is 0 Å². The second-order valence-electron chi connectivity index (χ2n) is 4.41. The highest BCUT2D eigenvalue weighted by Gasteiger charge is 2.12. The van der Waals surface area contributed by atoms with Crippen LogP contribution in [0.5, 0.6) is 0 Å². The fourth-order valence-corrected chi connectivity index (χ4v) is 2.21. The van der Waals surface area contributed by atoms with E-state index in [-0.39, 0.29) is 5.97 Å². The summed E-state index contributed by atoms with van der Waals surface area (Å²) in [6, 6.07) is 10.3. The molecule has 4 nitrogen and oxygen atoms in total. The third kappa shape index (κ3) is 1.95. The molecule has 0 spiro atoms. The van der Waals surface area contributed by atoms with Gasteiger partial charge < -0.3 is 9.15 Å². The van der Waals surface area contributed by atoms with E-state index in [0.29, 0.717) is 28.9 Å². The van der Waals surface area contributed by atoms with Gasteiger partial charge in [-0.05, 0) is 43.3 Å². The molecule has 0 unspecified atom stereocenters. The third-order valence-electron chi connectivity index (χ3n) is 3.14. The number of benzene rings is 2. The predicted octanol–water partition coefficient (Wildman–Crippen LogP) is 3.58. The van der Waals surface area contributed by atoms with E-state index in [4.69, 9.17) is 9.15 Å². The number of furan rings is 1. The van der Waals surface area contributed by atoms with Gasteiger partial charge in [-0.25, -0.2) is 4.79 Å². The fraction of sp³-hybridized carbons (Fsp3) is 0.125. The van der Waals surface area contributed by atoms with Crippen molar-refractivity contribution in [2.24, 2.45) is 0 Å². The van der Waals surface area contributed by atoms with Crippen molar-refractivity contribution < 1.29 is 18.7 Å². The lowest BCUT2D eigenvalue weighted by Crippen LogP contribution is -2.03. The molecule has 4 heteroatoms. The maximum Gasteiger partial charge on any atom is 0.338 e. The Kier molecular flexibility index (Phi) is 2.99. The highest BCUT2D eigenvalue weighted by atomic mass is 16.5. The molecule has 0 aliphatic carbocycles.